The first-order valence-corrected chi connectivity index (χ1v) is 7.83. The number of benzene rings is 2. The van der Waals surface area contributed by atoms with Crippen molar-refractivity contribution >= 4 is 28.8 Å². The molecule has 2 aromatic rings. The van der Waals surface area contributed by atoms with Crippen LogP contribution in [-0.4, -0.2) is 17.4 Å². The Hall–Kier alpha value is -2.20. The maximum atomic E-state index is 12.8. The van der Waals surface area contributed by atoms with Crippen molar-refractivity contribution in [2.75, 3.05) is 11.4 Å². The van der Waals surface area contributed by atoms with Crippen LogP contribution in [-0.2, 0) is 12.8 Å². The molecule has 0 radical (unpaired) electrons. The number of rotatable bonds is 3. The first kappa shape index (κ1) is 14.7. The fourth-order valence-electron chi connectivity index (χ4n) is 2.87. The molecule has 112 valence electrons. The quantitative estimate of drug-likeness (QED) is 0.886. The normalized spacial score (nSPS) is 13.5. The van der Waals surface area contributed by atoms with Gasteiger partial charge in [0.2, 0.25) is 0 Å². The smallest absolute Gasteiger partial charge is 0.258 e. The van der Waals surface area contributed by atoms with Crippen LogP contribution in [0, 0.1) is 0 Å². The Bertz CT molecular complexity index is 709. The Kier molecular flexibility index (Phi) is 4.20. The number of anilines is 1. The molecule has 0 bridgehead atoms. The molecule has 3 rings (SSSR count). The van der Waals surface area contributed by atoms with Gasteiger partial charge in [-0.3, -0.25) is 4.79 Å². The number of nitrogens with zero attached hydrogens (tertiary/aromatic N) is 1. The highest BCUT2D eigenvalue weighted by Gasteiger charge is 2.23. The number of fused-ring (bicyclic) bond motifs is 1. The van der Waals surface area contributed by atoms with E-state index in [9.17, 15) is 4.79 Å². The summed E-state index contributed by atoms with van der Waals surface area (Å²) in [4.78, 5) is 15.1. The van der Waals surface area contributed by atoms with Gasteiger partial charge in [-0.15, -0.1) is 0 Å². The van der Waals surface area contributed by atoms with Gasteiger partial charge < -0.3 is 10.6 Å². The second-order valence-electron chi connectivity index (χ2n) is 5.53. The maximum absolute atomic E-state index is 12.8. The number of thiocarbonyl (C=S) groups is 1. The molecule has 0 spiro atoms. The molecular formula is C18H18N2OS. The average Bonchev–Trinajstić information content (AvgIpc) is 2.54. The summed E-state index contributed by atoms with van der Waals surface area (Å²) in [5.74, 6) is 0.0500. The van der Waals surface area contributed by atoms with Crippen LogP contribution in [0.5, 0.6) is 0 Å². The Labute approximate surface area is 135 Å². The van der Waals surface area contributed by atoms with Gasteiger partial charge in [-0.1, -0.05) is 42.5 Å². The van der Waals surface area contributed by atoms with Gasteiger partial charge in [0.05, 0.1) is 4.99 Å². The monoisotopic (exact) mass is 310 g/mol. The van der Waals surface area contributed by atoms with Crippen molar-refractivity contribution in [3.63, 3.8) is 0 Å². The number of nitrogens with two attached hydrogens (primary N) is 1. The highest BCUT2D eigenvalue weighted by atomic mass is 32.1. The van der Waals surface area contributed by atoms with Crippen molar-refractivity contribution in [2.24, 2.45) is 5.73 Å². The molecule has 0 aliphatic carbocycles. The molecule has 1 heterocycles. The lowest BCUT2D eigenvalue weighted by Crippen LogP contribution is -2.35. The number of para-hydroxylation sites is 1. The lowest BCUT2D eigenvalue weighted by molar-refractivity contribution is 0.0985. The Morgan fingerprint density at radius 2 is 1.86 bits per heavy atom. The zero-order valence-corrected chi connectivity index (χ0v) is 13.1. The summed E-state index contributed by atoms with van der Waals surface area (Å²) in [6, 6.07) is 15.7. The molecule has 0 saturated carbocycles. The SMILES string of the molecule is NC(=S)Cc1ccc(C(=O)N2CCCc3ccccc32)cc1. The fraction of sp³-hybridized carbons (Fsp3) is 0.222. The lowest BCUT2D eigenvalue weighted by atomic mass is 10.0. The fourth-order valence-corrected chi connectivity index (χ4v) is 3.03. The molecule has 0 fully saturated rings. The van der Waals surface area contributed by atoms with Crippen molar-refractivity contribution in [3.8, 4) is 0 Å². The van der Waals surface area contributed by atoms with Crippen LogP contribution < -0.4 is 10.6 Å². The van der Waals surface area contributed by atoms with Crippen molar-refractivity contribution in [3.05, 3.63) is 65.2 Å². The van der Waals surface area contributed by atoms with Crippen molar-refractivity contribution in [1.82, 2.24) is 0 Å². The summed E-state index contributed by atoms with van der Waals surface area (Å²) >= 11 is 4.91. The van der Waals surface area contributed by atoms with Gasteiger partial charge in [-0.25, -0.2) is 0 Å². The minimum atomic E-state index is 0.0500. The summed E-state index contributed by atoms with van der Waals surface area (Å²) in [6.45, 7) is 0.768. The summed E-state index contributed by atoms with van der Waals surface area (Å²) in [5, 5.41) is 0. The molecular weight excluding hydrogens is 292 g/mol. The van der Waals surface area contributed by atoms with Crippen LogP contribution >= 0.6 is 12.2 Å². The molecule has 1 aliphatic heterocycles. The second-order valence-corrected chi connectivity index (χ2v) is 6.05. The highest BCUT2D eigenvalue weighted by molar-refractivity contribution is 7.80. The largest absolute Gasteiger partial charge is 0.393 e. The number of carbonyl (C=O) groups excluding carboxylic acids is 1. The summed E-state index contributed by atoms with van der Waals surface area (Å²) in [6.07, 6.45) is 2.60. The molecule has 1 amide bonds. The third-order valence-electron chi connectivity index (χ3n) is 3.93. The molecule has 4 heteroatoms. The van der Waals surface area contributed by atoms with Gasteiger partial charge in [0.25, 0.3) is 5.91 Å². The minimum absolute atomic E-state index is 0.0500. The van der Waals surface area contributed by atoms with Crippen LogP contribution in [0.3, 0.4) is 0 Å². The Morgan fingerprint density at radius 3 is 2.59 bits per heavy atom. The van der Waals surface area contributed by atoms with E-state index in [-0.39, 0.29) is 5.91 Å². The van der Waals surface area contributed by atoms with Gasteiger partial charge in [0.15, 0.2) is 0 Å². The molecule has 2 N–H and O–H groups in total. The van der Waals surface area contributed by atoms with Crippen molar-refractivity contribution in [1.29, 1.82) is 0 Å². The Balaban J connectivity index is 1.84. The predicted molar refractivity (Wildman–Crippen MR) is 93.4 cm³/mol. The molecule has 0 unspecified atom stereocenters. The van der Waals surface area contributed by atoms with Crippen LogP contribution in [0.25, 0.3) is 0 Å². The molecule has 22 heavy (non-hydrogen) atoms. The molecule has 0 atom stereocenters. The third-order valence-corrected chi connectivity index (χ3v) is 4.08. The van der Waals surface area contributed by atoms with Crippen LogP contribution in [0.1, 0.15) is 27.9 Å². The Morgan fingerprint density at radius 1 is 1.14 bits per heavy atom. The first-order valence-electron chi connectivity index (χ1n) is 7.42. The van der Waals surface area contributed by atoms with E-state index in [1.54, 1.807) is 0 Å². The van der Waals surface area contributed by atoms with Gasteiger partial charge >= 0.3 is 0 Å². The van der Waals surface area contributed by atoms with Crippen LogP contribution in [0.4, 0.5) is 5.69 Å². The highest BCUT2D eigenvalue weighted by Crippen LogP contribution is 2.28. The third kappa shape index (κ3) is 3.02. The van der Waals surface area contributed by atoms with E-state index in [1.807, 2.05) is 47.4 Å². The predicted octanol–water partition coefficient (Wildman–Crippen LogP) is 3.11. The van der Waals surface area contributed by atoms with E-state index < -0.39 is 0 Å². The maximum Gasteiger partial charge on any atom is 0.258 e. The van der Waals surface area contributed by atoms with E-state index in [1.165, 1.54) is 5.56 Å². The van der Waals surface area contributed by atoms with Crippen LogP contribution in [0.15, 0.2) is 48.5 Å². The lowest BCUT2D eigenvalue weighted by Gasteiger charge is -2.29. The van der Waals surface area contributed by atoms with E-state index >= 15 is 0 Å². The zero-order chi connectivity index (χ0) is 15.5. The van der Waals surface area contributed by atoms with E-state index in [2.05, 4.69) is 6.07 Å². The molecule has 1 aliphatic rings. The number of hydrogen-bond donors (Lipinski definition) is 1. The first-order chi connectivity index (χ1) is 10.6. The van der Waals surface area contributed by atoms with Crippen molar-refractivity contribution in [2.45, 2.75) is 19.3 Å². The van der Waals surface area contributed by atoms with Gasteiger partial charge in [0, 0.05) is 24.2 Å². The van der Waals surface area contributed by atoms with E-state index in [0.717, 1.165) is 30.6 Å². The van der Waals surface area contributed by atoms with Gasteiger partial charge in [-0.2, -0.15) is 0 Å². The van der Waals surface area contributed by atoms with Crippen LogP contribution in [0.2, 0.25) is 0 Å². The van der Waals surface area contributed by atoms with Crippen molar-refractivity contribution < 1.29 is 4.79 Å². The standard InChI is InChI=1S/C18H18N2OS/c19-17(22)12-13-7-9-15(10-8-13)18(21)20-11-3-5-14-4-1-2-6-16(14)20/h1-2,4,6-10H,3,5,11-12H2,(H2,19,22). The molecule has 2 aromatic carbocycles. The van der Waals surface area contributed by atoms with Gasteiger partial charge in [0.1, 0.15) is 0 Å². The van der Waals surface area contributed by atoms with E-state index in [0.29, 0.717) is 17.0 Å². The topological polar surface area (TPSA) is 46.3 Å². The summed E-state index contributed by atoms with van der Waals surface area (Å²) < 4.78 is 0. The minimum Gasteiger partial charge on any atom is -0.393 e. The number of aryl methyl sites for hydroxylation is 1. The zero-order valence-electron chi connectivity index (χ0n) is 12.3. The molecule has 0 aromatic heterocycles. The molecule has 0 saturated heterocycles. The van der Waals surface area contributed by atoms with Gasteiger partial charge in [-0.05, 0) is 42.2 Å². The molecule has 3 nitrogen and oxygen atoms in total. The summed E-state index contributed by atoms with van der Waals surface area (Å²) in [7, 11) is 0. The number of carbonyl (C=O) groups is 1. The van der Waals surface area contributed by atoms with E-state index in [4.69, 9.17) is 18.0 Å². The number of hydrogen-bond acceptors (Lipinski definition) is 2. The average molecular weight is 310 g/mol. The second kappa shape index (κ2) is 6.28. The summed E-state index contributed by atoms with van der Waals surface area (Å²) in [5.41, 5.74) is 9.55. The number of amides is 1.